The van der Waals surface area contributed by atoms with E-state index in [9.17, 15) is 4.79 Å². The molecular formula is C15H22ClN3O2. The molecule has 0 aromatic carbocycles. The van der Waals surface area contributed by atoms with Gasteiger partial charge in [-0.15, -0.1) is 0 Å². The van der Waals surface area contributed by atoms with Gasteiger partial charge in [-0.1, -0.05) is 11.6 Å². The van der Waals surface area contributed by atoms with Crippen LogP contribution in [0.3, 0.4) is 0 Å². The molecule has 1 amide bonds. The lowest BCUT2D eigenvalue weighted by Gasteiger charge is -2.40. The summed E-state index contributed by atoms with van der Waals surface area (Å²) in [5, 5.41) is 3.39. The average molecular weight is 312 g/mol. The quantitative estimate of drug-likeness (QED) is 0.922. The first kappa shape index (κ1) is 16.2. The monoisotopic (exact) mass is 311 g/mol. The van der Waals surface area contributed by atoms with Crippen molar-refractivity contribution in [3.63, 3.8) is 0 Å². The van der Waals surface area contributed by atoms with Gasteiger partial charge in [0.25, 0.3) is 5.91 Å². The molecule has 1 aromatic rings. The largest absolute Gasteiger partial charge is 0.379 e. The smallest absolute Gasteiger partial charge is 0.254 e. The Kier molecular flexibility index (Phi) is 5.19. The van der Waals surface area contributed by atoms with Gasteiger partial charge in [0.05, 0.1) is 23.8 Å². The van der Waals surface area contributed by atoms with E-state index in [-0.39, 0.29) is 11.4 Å². The Hall–Kier alpha value is -1.17. The van der Waals surface area contributed by atoms with Crippen molar-refractivity contribution in [1.82, 2.24) is 15.2 Å². The molecule has 6 heteroatoms. The first-order valence-corrected chi connectivity index (χ1v) is 7.51. The van der Waals surface area contributed by atoms with Crippen molar-refractivity contribution in [3.8, 4) is 0 Å². The van der Waals surface area contributed by atoms with E-state index >= 15 is 0 Å². The summed E-state index contributed by atoms with van der Waals surface area (Å²) in [7, 11) is 0. The lowest BCUT2D eigenvalue weighted by Crippen LogP contribution is -2.55. The van der Waals surface area contributed by atoms with Crippen LogP contribution in [0.5, 0.6) is 0 Å². The van der Waals surface area contributed by atoms with E-state index in [0.29, 0.717) is 17.1 Å². The number of aromatic nitrogens is 1. The number of nitrogens with one attached hydrogen (secondary N) is 1. The maximum absolute atomic E-state index is 12.2. The molecule has 1 aromatic heterocycles. The van der Waals surface area contributed by atoms with Gasteiger partial charge >= 0.3 is 0 Å². The number of nitrogens with zero attached hydrogens (tertiary/aromatic N) is 2. The molecule has 0 radical (unpaired) electrons. The third kappa shape index (κ3) is 4.15. The predicted octanol–water partition coefficient (Wildman–Crippen LogP) is 1.88. The van der Waals surface area contributed by atoms with E-state index in [0.717, 1.165) is 32.0 Å². The molecule has 0 saturated carbocycles. The van der Waals surface area contributed by atoms with Crippen LogP contribution < -0.4 is 5.32 Å². The second kappa shape index (κ2) is 6.73. The Bertz CT molecular complexity index is 514. The minimum atomic E-state index is -0.186. The van der Waals surface area contributed by atoms with E-state index in [1.54, 1.807) is 6.07 Å². The first-order valence-electron chi connectivity index (χ1n) is 7.13. The maximum Gasteiger partial charge on any atom is 0.254 e. The number of hydrogen-bond acceptors (Lipinski definition) is 4. The summed E-state index contributed by atoms with van der Waals surface area (Å²) in [6.45, 7) is 9.88. The highest BCUT2D eigenvalue weighted by molar-refractivity contribution is 6.33. The Morgan fingerprint density at radius 3 is 2.76 bits per heavy atom. The van der Waals surface area contributed by atoms with Gasteiger partial charge in [0, 0.05) is 37.1 Å². The average Bonchev–Trinajstić information content (AvgIpc) is 2.46. The van der Waals surface area contributed by atoms with Gasteiger partial charge in [-0.3, -0.25) is 14.7 Å². The van der Waals surface area contributed by atoms with Gasteiger partial charge < -0.3 is 10.1 Å². The molecule has 0 spiro atoms. The second-order valence-corrected chi connectivity index (χ2v) is 6.31. The van der Waals surface area contributed by atoms with Crippen molar-refractivity contribution in [2.45, 2.75) is 26.3 Å². The van der Waals surface area contributed by atoms with E-state index < -0.39 is 0 Å². The van der Waals surface area contributed by atoms with Gasteiger partial charge in [-0.05, 0) is 26.8 Å². The summed E-state index contributed by atoms with van der Waals surface area (Å²) < 4.78 is 5.36. The lowest BCUT2D eigenvalue weighted by molar-refractivity contribution is -0.00923. The minimum absolute atomic E-state index is 0.121. The number of halogens is 1. The molecule has 116 valence electrons. The number of carbonyl (C=O) groups is 1. The fraction of sp³-hybridized carbons (Fsp3) is 0.600. The summed E-state index contributed by atoms with van der Waals surface area (Å²) in [5.41, 5.74) is 1.09. The summed E-state index contributed by atoms with van der Waals surface area (Å²) in [6.07, 6.45) is 1.52. The highest BCUT2D eigenvalue weighted by Crippen LogP contribution is 2.18. The van der Waals surface area contributed by atoms with E-state index in [1.807, 2.05) is 6.92 Å². The molecule has 1 aliphatic rings. The van der Waals surface area contributed by atoms with Crippen molar-refractivity contribution >= 4 is 17.5 Å². The summed E-state index contributed by atoms with van der Waals surface area (Å²) in [5.74, 6) is -0.186. The van der Waals surface area contributed by atoms with E-state index in [2.05, 4.69) is 29.0 Å². The zero-order valence-electron chi connectivity index (χ0n) is 12.8. The van der Waals surface area contributed by atoms with Gasteiger partial charge in [0.2, 0.25) is 0 Å². The number of hydrogen-bond donors (Lipinski definition) is 1. The van der Waals surface area contributed by atoms with Crippen LogP contribution in [0.25, 0.3) is 0 Å². The highest BCUT2D eigenvalue weighted by Gasteiger charge is 2.28. The van der Waals surface area contributed by atoms with Gasteiger partial charge in [-0.2, -0.15) is 0 Å². The van der Waals surface area contributed by atoms with Crippen molar-refractivity contribution in [2.24, 2.45) is 0 Å². The number of amides is 1. The van der Waals surface area contributed by atoms with E-state index in [4.69, 9.17) is 16.3 Å². The molecule has 5 nitrogen and oxygen atoms in total. The number of pyridine rings is 1. The van der Waals surface area contributed by atoms with E-state index in [1.165, 1.54) is 6.20 Å². The molecule has 2 heterocycles. The molecule has 1 aliphatic heterocycles. The first-order chi connectivity index (χ1) is 9.90. The number of ether oxygens (including phenoxy) is 1. The van der Waals surface area contributed by atoms with Crippen LogP contribution in [-0.2, 0) is 4.74 Å². The van der Waals surface area contributed by atoms with Crippen molar-refractivity contribution in [3.05, 3.63) is 28.5 Å². The number of rotatable bonds is 4. The topological polar surface area (TPSA) is 54.5 Å². The summed E-state index contributed by atoms with van der Waals surface area (Å²) in [4.78, 5) is 18.7. The van der Waals surface area contributed by atoms with Crippen LogP contribution in [0, 0.1) is 6.92 Å². The fourth-order valence-electron chi connectivity index (χ4n) is 2.37. The summed E-state index contributed by atoms with van der Waals surface area (Å²) >= 11 is 6.10. The van der Waals surface area contributed by atoms with Crippen LogP contribution in [-0.4, -0.2) is 54.2 Å². The number of carbonyl (C=O) groups excluding carboxylic acids is 1. The zero-order chi connectivity index (χ0) is 15.5. The van der Waals surface area contributed by atoms with Crippen molar-refractivity contribution in [2.75, 3.05) is 32.8 Å². The number of aryl methyl sites for hydroxylation is 1. The standard InChI is InChI=1S/C15H22ClN3O2/c1-11-8-13(16)12(9-17-11)14(20)18-10-15(2,3)19-4-6-21-7-5-19/h8-9H,4-7,10H2,1-3H3,(H,18,20). The van der Waals surface area contributed by atoms with Gasteiger partial charge in [0.15, 0.2) is 0 Å². The van der Waals surface area contributed by atoms with Crippen molar-refractivity contribution < 1.29 is 9.53 Å². The normalized spacial score (nSPS) is 16.8. The number of morpholine rings is 1. The molecular weight excluding hydrogens is 290 g/mol. The molecule has 21 heavy (non-hydrogen) atoms. The molecule has 0 aliphatic carbocycles. The molecule has 0 atom stereocenters. The molecule has 2 rings (SSSR count). The third-order valence-corrected chi connectivity index (χ3v) is 4.10. The molecule has 1 N–H and O–H groups in total. The Morgan fingerprint density at radius 2 is 2.14 bits per heavy atom. The maximum atomic E-state index is 12.2. The third-order valence-electron chi connectivity index (χ3n) is 3.78. The Labute approximate surface area is 130 Å². The predicted molar refractivity (Wildman–Crippen MR) is 82.8 cm³/mol. The van der Waals surface area contributed by atoms with Crippen LogP contribution in [0.4, 0.5) is 0 Å². The Morgan fingerprint density at radius 1 is 1.48 bits per heavy atom. The van der Waals surface area contributed by atoms with Gasteiger partial charge in [0.1, 0.15) is 0 Å². The van der Waals surface area contributed by atoms with Crippen LogP contribution in [0.2, 0.25) is 5.02 Å². The molecule has 1 saturated heterocycles. The zero-order valence-corrected chi connectivity index (χ0v) is 13.5. The molecule has 0 unspecified atom stereocenters. The van der Waals surface area contributed by atoms with Crippen LogP contribution in [0.15, 0.2) is 12.3 Å². The fourth-order valence-corrected chi connectivity index (χ4v) is 2.66. The second-order valence-electron chi connectivity index (χ2n) is 5.90. The van der Waals surface area contributed by atoms with Crippen LogP contribution >= 0.6 is 11.6 Å². The molecule has 1 fully saturated rings. The molecule has 0 bridgehead atoms. The van der Waals surface area contributed by atoms with Crippen molar-refractivity contribution in [1.29, 1.82) is 0 Å². The SMILES string of the molecule is Cc1cc(Cl)c(C(=O)NCC(C)(C)N2CCOCC2)cn1. The Balaban J connectivity index is 1.96. The van der Waals surface area contributed by atoms with Gasteiger partial charge in [-0.25, -0.2) is 0 Å². The lowest BCUT2D eigenvalue weighted by atomic mass is 10.0. The highest BCUT2D eigenvalue weighted by atomic mass is 35.5. The summed E-state index contributed by atoms with van der Waals surface area (Å²) in [6, 6.07) is 1.70. The minimum Gasteiger partial charge on any atom is -0.379 e. The van der Waals surface area contributed by atoms with Crippen LogP contribution in [0.1, 0.15) is 29.9 Å².